The minimum atomic E-state index is -4.42. The lowest BCUT2D eigenvalue weighted by molar-refractivity contribution is -0.136. The number of thioether (sulfide) groups is 1. The van der Waals surface area contributed by atoms with Gasteiger partial charge >= 0.3 is 6.18 Å². The summed E-state index contributed by atoms with van der Waals surface area (Å²) in [5, 5.41) is 9.20. The van der Waals surface area contributed by atoms with Crippen molar-refractivity contribution < 1.29 is 18.0 Å². The van der Waals surface area contributed by atoms with Gasteiger partial charge in [-0.05, 0) is 24.3 Å². The Morgan fingerprint density at radius 3 is 2.64 bits per heavy atom. The molecule has 0 radical (unpaired) electrons. The van der Waals surface area contributed by atoms with E-state index in [0.29, 0.717) is 10.8 Å². The maximum absolute atomic E-state index is 11.9. The molecule has 22 heavy (non-hydrogen) atoms. The summed E-state index contributed by atoms with van der Waals surface area (Å²) in [4.78, 5) is 15.4. The summed E-state index contributed by atoms with van der Waals surface area (Å²) in [5.74, 6) is -0.455. The SMILES string of the molecule is O=C(CSc1n[nH]c(-c2ccc(Cl)cc2)n1)NCC(F)(F)F. The van der Waals surface area contributed by atoms with Crippen molar-refractivity contribution in [2.75, 3.05) is 12.3 Å². The van der Waals surface area contributed by atoms with Gasteiger partial charge in [-0.25, -0.2) is 4.98 Å². The van der Waals surface area contributed by atoms with Gasteiger partial charge in [-0.2, -0.15) is 13.2 Å². The first-order valence-corrected chi connectivity index (χ1v) is 7.34. The number of rotatable bonds is 5. The highest BCUT2D eigenvalue weighted by Crippen LogP contribution is 2.21. The van der Waals surface area contributed by atoms with E-state index in [2.05, 4.69) is 15.2 Å². The molecule has 0 aliphatic heterocycles. The third-order valence-corrected chi connectivity index (χ3v) is 3.50. The summed E-state index contributed by atoms with van der Waals surface area (Å²) < 4.78 is 35.8. The smallest absolute Gasteiger partial charge is 0.346 e. The van der Waals surface area contributed by atoms with E-state index in [-0.39, 0.29) is 10.9 Å². The lowest BCUT2D eigenvalue weighted by Gasteiger charge is -2.07. The van der Waals surface area contributed by atoms with Crippen LogP contribution in [0.1, 0.15) is 0 Å². The van der Waals surface area contributed by atoms with Crippen LogP contribution in [0.5, 0.6) is 0 Å². The zero-order valence-electron chi connectivity index (χ0n) is 10.9. The summed E-state index contributed by atoms with van der Waals surface area (Å²) >= 11 is 6.71. The third kappa shape index (κ3) is 5.23. The number of carbonyl (C=O) groups is 1. The van der Waals surface area contributed by atoms with E-state index in [1.165, 1.54) is 0 Å². The van der Waals surface area contributed by atoms with E-state index in [1.54, 1.807) is 29.6 Å². The average molecular weight is 351 g/mol. The fourth-order valence-corrected chi connectivity index (χ4v) is 2.18. The van der Waals surface area contributed by atoms with Crippen LogP contribution >= 0.6 is 23.4 Å². The molecule has 1 heterocycles. The van der Waals surface area contributed by atoms with Crippen molar-refractivity contribution in [3.63, 3.8) is 0 Å². The molecule has 0 aliphatic carbocycles. The van der Waals surface area contributed by atoms with E-state index in [4.69, 9.17) is 11.6 Å². The fourth-order valence-electron chi connectivity index (χ4n) is 1.43. The minimum absolute atomic E-state index is 0.200. The monoisotopic (exact) mass is 350 g/mol. The van der Waals surface area contributed by atoms with Crippen molar-refractivity contribution in [2.45, 2.75) is 11.3 Å². The number of alkyl halides is 3. The van der Waals surface area contributed by atoms with Crippen LogP contribution in [-0.2, 0) is 4.79 Å². The second-order valence-electron chi connectivity index (χ2n) is 4.15. The Hall–Kier alpha value is -1.74. The minimum Gasteiger partial charge on any atom is -0.346 e. The van der Waals surface area contributed by atoms with Crippen molar-refractivity contribution in [1.82, 2.24) is 20.5 Å². The Morgan fingerprint density at radius 1 is 1.32 bits per heavy atom. The van der Waals surface area contributed by atoms with Gasteiger partial charge in [0, 0.05) is 10.6 Å². The highest BCUT2D eigenvalue weighted by atomic mass is 35.5. The maximum Gasteiger partial charge on any atom is 0.405 e. The molecule has 1 amide bonds. The van der Waals surface area contributed by atoms with E-state index >= 15 is 0 Å². The van der Waals surface area contributed by atoms with Gasteiger partial charge in [0.15, 0.2) is 5.82 Å². The van der Waals surface area contributed by atoms with Crippen LogP contribution in [0, 0.1) is 0 Å². The molecule has 1 aromatic carbocycles. The molecule has 0 aliphatic rings. The number of hydrogen-bond donors (Lipinski definition) is 2. The van der Waals surface area contributed by atoms with Crippen LogP contribution in [-0.4, -0.2) is 39.6 Å². The first-order chi connectivity index (χ1) is 10.3. The Balaban J connectivity index is 1.87. The fraction of sp³-hybridized carbons (Fsp3) is 0.250. The topological polar surface area (TPSA) is 70.7 Å². The number of H-pyrrole nitrogens is 1. The molecule has 0 atom stereocenters. The maximum atomic E-state index is 11.9. The molecule has 5 nitrogen and oxygen atoms in total. The lowest BCUT2D eigenvalue weighted by Crippen LogP contribution is -2.34. The van der Waals surface area contributed by atoms with Gasteiger partial charge in [0.2, 0.25) is 11.1 Å². The molecule has 0 unspecified atom stereocenters. The highest BCUT2D eigenvalue weighted by Gasteiger charge is 2.27. The van der Waals surface area contributed by atoms with E-state index < -0.39 is 18.6 Å². The summed E-state index contributed by atoms with van der Waals surface area (Å²) in [6, 6.07) is 6.87. The Morgan fingerprint density at radius 2 is 2.00 bits per heavy atom. The van der Waals surface area contributed by atoms with Crippen molar-refractivity contribution >= 4 is 29.3 Å². The zero-order valence-corrected chi connectivity index (χ0v) is 12.5. The average Bonchev–Trinajstić information content (AvgIpc) is 2.92. The number of aromatic nitrogens is 3. The summed E-state index contributed by atoms with van der Waals surface area (Å²) in [6.45, 7) is -1.35. The first kappa shape index (κ1) is 16.6. The molecule has 0 fully saturated rings. The molecule has 10 heteroatoms. The molecule has 0 bridgehead atoms. The van der Waals surface area contributed by atoms with E-state index in [9.17, 15) is 18.0 Å². The molecular formula is C12H10ClF3N4OS. The van der Waals surface area contributed by atoms with Crippen molar-refractivity contribution in [1.29, 1.82) is 0 Å². The number of hydrogen-bond acceptors (Lipinski definition) is 4. The number of nitrogens with zero attached hydrogens (tertiary/aromatic N) is 2. The van der Waals surface area contributed by atoms with Crippen LogP contribution in [0.4, 0.5) is 13.2 Å². The first-order valence-electron chi connectivity index (χ1n) is 5.98. The van der Waals surface area contributed by atoms with Gasteiger partial charge in [-0.3, -0.25) is 9.89 Å². The molecule has 2 rings (SSSR count). The molecule has 0 saturated carbocycles. The third-order valence-electron chi connectivity index (χ3n) is 2.40. The van der Waals surface area contributed by atoms with Gasteiger partial charge in [0.05, 0.1) is 5.75 Å². The number of halogens is 4. The van der Waals surface area contributed by atoms with Gasteiger partial charge < -0.3 is 5.32 Å². The zero-order chi connectivity index (χ0) is 16.2. The summed E-state index contributed by atoms with van der Waals surface area (Å²) in [7, 11) is 0. The second kappa shape index (κ2) is 7.01. The molecule has 118 valence electrons. The number of amides is 1. The Labute approximate surface area is 132 Å². The highest BCUT2D eigenvalue weighted by molar-refractivity contribution is 7.99. The van der Waals surface area contributed by atoms with Crippen molar-refractivity contribution in [2.24, 2.45) is 0 Å². The van der Waals surface area contributed by atoms with Crippen LogP contribution < -0.4 is 5.32 Å². The summed E-state index contributed by atoms with van der Waals surface area (Å²) in [5.41, 5.74) is 0.755. The van der Waals surface area contributed by atoms with Crippen LogP contribution in [0.3, 0.4) is 0 Å². The second-order valence-corrected chi connectivity index (χ2v) is 5.53. The Bertz CT molecular complexity index is 645. The molecule has 2 aromatic rings. The van der Waals surface area contributed by atoms with Crippen LogP contribution in [0.25, 0.3) is 11.4 Å². The molecular weight excluding hydrogens is 341 g/mol. The quantitative estimate of drug-likeness (QED) is 0.813. The number of benzene rings is 1. The van der Waals surface area contributed by atoms with Crippen molar-refractivity contribution in [3.05, 3.63) is 29.3 Å². The van der Waals surface area contributed by atoms with Gasteiger partial charge in [-0.1, -0.05) is 23.4 Å². The molecule has 0 spiro atoms. The largest absolute Gasteiger partial charge is 0.405 e. The van der Waals surface area contributed by atoms with E-state index in [0.717, 1.165) is 17.3 Å². The van der Waals surface area contributed by atoms with Crippen molar-refractivity contribution in [3.8, 4) is 11.4 Å². The number of carbonyl (C=O) groups excluding carboxylic acids is 1. The molecule has 2 N–H and O–H groups in total. The predicted molar refractivity (Wildman–Crippen MR) is 76.6 cm³/mol. The number of aromatic amines is 1. The standard InChI is InChI=1S/C12H10ClF3N4OS/c13-8-3-1-7(2-4-8)10-18-11(20-19-10)22-5-9(21)17-6-12(14,15)16/h1-4H,5-6H2,(H,17,21)(H,18,19,20). The van der Waals surface area contributed by atoms with Crippen LogP contribution in [0.2, 0.25) is 5.02 Å². The van der Waals surface area contributed by atoms with Crippen LogP contribution in [0.15, 0.2) is 29.4 Å². The van der Waals surface area contributed by atoms with Gasteiger partial charge in [-0.15, -0.1) is 5.10 Å². The van der Waals surface area contributed by atoms with E-state index in [1.807, 2.05) is 0 Å². The molecule has 0 saturated heterocycles. The van der Waals surface area contributed by atoms with Gasteiger partial charge in [0.25, 0.3) is 0 Å². The summed E-state index contributed by atoms with van der Waals surface area (Å²) in [6.07, 6.45) is -4.42. The lowest BCUT2D eigenvalue weighted by atomic mass is 10.2. The predicted octanol–water partition coefficient (Wildman–Crippen LogP) is 2.90. The van der Waals surface area contributed by atoms with Gasteiger partial charge in [0.1, 0.15) is 6.54 Å². The Kier molecular flexibility index (Phi) is 5.30. The molecule has 1 aromatic heterocycles. The number of nitrogens with one attached hydrogen (secondary N) is 2. The normalized spacial score (nSPS) is 11.5.